The fourth-order valence-electron chi connectivity index (χ4n) is 3.03. The van der Waals surface area contributed by atoms with Crippen LogP contribution in [0.1, 0.15) is 26.3 Å². The average Bonchev–Trinajstić information content (AvgIpc) is 3.03. The summed E-state index contributed by atoms with van der Waals surface area (Å²) in [4.78, 5) is 26.9. The highest BCUT2D eigenvalue weighted by Gasteiger charge is 2.28. The van der Waals surface area contributed by atoms with Crippen LogP contribution in [-0.2, 0) is 0 Å². The number of rotatable bonds is 4. The summed E-state index contributed by atoms with van der Waals surface area (Å²) in [6.07, 6.45) is 1.69. The first-order valence-corrected chi connectivity index (χ1v) is 9.62. The number of carbonyl (C=O) groups is 2. The summed E-state index contributed by atoms with van der Waals surface area (Å²) in [5.41, 5.74) is 2.67. The molecule has 0 N–H and O–H groups in total. The van der Waals surface area contributed by atoms with Crippen molar-refractivity contribution in [2.75, 3.05) is 19.0 Å². The van der Waals surface area contributed by atoms with Crippen LogP contribution in [0.4, 0.5) is 5.69 Å². The Morgan fingerprint density at radius 3 is 2.50 bits per heavy atom. The molecule has 1 heterocycles. The fraction of sp³-hybridized carbons (Fsp3) is 0.0833. The molecule has 0 fully saturated rings. The number of carbonyl (C=O) groups excluding carboxylic acids is 2. The standard InChI is InChI=1S/C24H18ClNO4/c1-26(2)18-8-6-15(7-9-18)12-22-23(27)20-11-10-19(14-21(20)30-22)29-24(28)16-4-3-5-17(25)13-16/h3-14H,1-2H3/b22-12-. The van der Waals surface area contributed by atoms with Gasteiger partial charge < -0.3 is 14.4 Å². The molecule has 5 nitrogen and oxygen atoms in total. The maximum atomic E-state index is 12.6. The van der Waals surface area contributed by atoms with Gasteiger partial charge in [0.05, 0.1) is 11.1 Å². The number of fused-ring (bicyclic) bond motifs is 1. The zero-order valence-corrected chi connectivity index (χ0v) is 17.1. The topological polar surface area (TPSA) is 55.8 Å². The van der Waals surface area contributed by atoms with E-state index in [2.05, 4.69) is 0 Å². The SMILES string of the molecule is CN(C)c1ccc(/C=C2\Oc3cc(OC(=O)c4cccc(Cl)c4)ccc3C2=O)cc1. The zero-order valence-electron chi connectivity index (χ0n) is 16.4. The number of hydrogen-bond acceptors (Lipinski definition) is 5. The highest BCUT2D eigenvalue weighted by Crippen LogP contribution is 2.35. The van der Waals surface area contributed by atoms with Gasteiger partial charge in [0.2, 0.25) is 5.78 Å². The molecule has 0 unspecified atom stereocenters. The van der Waals surface area contributed by atoms with E-state index in [1.165, 1.54) is 12.1 Å². The molecule has 3 aromatic carbocycles. The molecule has 1 aliphatic heterocycles. The van der Waals surface area contributed by atoms with Crippen molar-refractivity contribution >= 4 is 35.1 Å². The third-order valence-electron chi connectivity index (χ3n) is 4.62. The van der Waals surface area contributed by atoms with Crippen LogP contribution >= 0.6 is 11.6 Å². The summed E-state index contributed by atoms with van der Waals surface area (Å²) < 4.78 is 11.1. The third-order valence-corrected chi connectivity index (χ3v) is 4.85. The number of nitrogens with zero attached hydrogens (tertiary/aromatic N) is 1. The van der Waals surface area contributed by atoms with Crippen molar-refractivity contribution in [3.8, 4) is 11.5 Å². The molecule has 30 heavy (non-hydrogen) atoms. The minimum absolute atomic E-state index is 0.214. The molecule has 0 saturated heterocycles. The van der Waals surface area contributed by atoms with Crippen molar-refractivity contribution in [2.45, 2.75) is 0 Å². The van der Waals surface area contributed by atoms with E-state index in [1.54, 1.807) is 36.4 Å². The summed E-state index contributed by atoms with van der Waals surface area (Å²) in [6.45, 7) is 0. The fourth-order valence-corrected chi connectivity index (χ4v) is 3.22. The average molecular weight is 420 g/mol. The second-order valence-electron chi connectivity index (χ2n) is 6.98. The van der Waals surface area contributed by atoms with Crippen molar-refractivity contribution in [3.63, 3.8) is 0 Å². The van der Waals surface area contributed by atoms with Gasteiger partial charge in [-0.1, -0.05) is 29.8 Å². The van der Waals surface area contributed by atoms with Gasteiger partial charge in [0.1, 0.15) is 11.5 Å². The van der Waals surface area contributed by atoms with E-state index in [0.717, 1.165) is 11.3 Å². The maximum Gasteiger partial charge on any atom is 0.343 e. The summed E-state index contributed by atoms with van der Waals surface area (Å²) in [7, 11) is 3.93. The Morgan fingerprint density at radius 1 is 1.03 bits per heavy atom. The van der Waals surface area contributed by atoms with Crippen molar-refractivity contribution in [3.05, 3.63) is 94.2 Å². The molecule has 0 saturated carbocycles. The Kier molecular flexibility index (Phi) is 5.29. The minimum atomic E-state index is -0.543. The molecule has 0 aromatic heterocycles. The van der Waals surface area contributed by atoms with Crippen LogP contribution < -0.4 is 14.4 Å². The van der Waals surface area contributed by atoms with E-state index in [1.807, 2.05) is 43.3 Å². The maximum absolute atomic E-state index is 12.6. The van der Waals surface area contributed by atoms with E-state index in [9.17, 15) is 9.59 Å². The quantitative estimate of drug-likeness (QED) is 0.329. The molecule has 0 bridgehead atoms. The Balaban J connectivity index is 1.53. The zero-order chi connectivity index (χ0) is 21.3. The number of benzene rings is 3. The highest BCUT2D eigenvalue weighted by molar-refractivity contribution is 6.30. The number of anilines is 1. The molecule has 1 aliphatic rings. The molecule has 0 aliphatic carbocycles. The lowest BCUT2D eigenvalue weighted by Gasteiger charge is -2.11. The van der Waals surface area contributed by atoms with E-state index in [0.29, 0.717) is 21.9 Å². The Labute approximate surface area is 179 Å². The molecule has 4 rings (SSSR count). The first-order chi connectivity index (χ1) is 14.4. The van der Waals surface area contributed by atoms with Crippen molar-refractivity contribution in [1.29, 1.82) is 0 Å². The van der Waals surface area contributed by atoms with E-state index in [-0.39, 0.29) is 17.3 Å². The number of hydrogen-bond donors (Lipinski definition) is 0. The van der Waals surface area contributed by atoms with Crippen LogP contribution in [0, 0.1) is 0 Å². The van der Waals surface area contributed by atoms with Gasteiger partial charge in [-0.3, -0.25) is 4.79 Å². The predicted molar refractivity (Wildman–Crippen MR) is 117 cm³/mol. The molecule has 6 heteroatoms. The lowest BCUT2D eigenvalue weighted by Crippen LogP contribution is -2.08. The van der Waals surface area contributed by atoms with Gasteiger partial charge in [0.25, 0.3) is 0 Å². The molecular weight excluding hydrogens is 402 g/mol. The van der Waals surface area contributed by atoms with Crippen LogP contribution in [-0.4, -0.2) is 25.8 Å². The predicted octanol–water partition coefficient (Wildman–Crippen LogP) is 5.24. The normalized spacial score (nSPS) is 13.7. The molecule has 0 radical (unpaired) electrons. The number of allylic oxidation sites excluding steroid dienone is 1. The minimum Gasteiger partial charge on any atom is -0.452 e. The van der Waals surface area contributed by atoms with Crippen molar-refractivity contribution in [1.82, 2.24) is 0 Å². The summed E-state index contributed by atoms with van der Waals surface area (Å²) in [6, 6.07) is 18.9. The van der Waals surface area contributed by atoms with Crippen LogP contribution in [0.5, 0.6) is 11.5 Å². The summed E-state index contributed by atoms with van der Waals surface area (Å²) >= 11 is 5.92. The lowest BCUT2D eigenvalue weighted by atomic mass is 10.1. The van der Waals surface area contributed by atoms with Crippen molar-refractivity contribution in [2.24, 2.45) is 0 Å². The number of ether oxygens (including phenoxy) is 2. The summed E-state index contributed by atoms with van der Waals surface area (Å²) in [5, 5.41) is 0.445. The number of esters is 1. The molecule has 0 amide bonds. The Morgan fingerprint density at radius 2 is 1.80 bits per heavy atom. The van der Waals surface area contributed by atoms with Crippen LogP contribution in [0.2, 0.25) is 5.02 Å². The second-order valence-corrected chi connectivity index (χ2v) is 7.42. The Bertz CT molecular complexity index is 1170. The molecular formula is C24H18ClNO4. The lowest BCUT2D eigenvalue weighted by molar-refractivity contribution is 0.0734. The first-order valence-electron chi connectivity index (χ1n) is 9.24. The van der Waals surface area contributed by atoms with Gasteiger partial charge in [-0.15, -0.1) is 0 Å². The number of ketones is 1. The van der Waals surface area contributed by atoms with Gasteiger partial charge in [0, 0.05) is 30.9 Å². The van der Waals surface area contributed by atoms with Crippen LogP contribution in [0.3, 0.4) is 0 Å². The van der Waals surface area contributed by atoms with Gasteiger partial charge in [-0.05, 0) is 54.1 Å². The third kappa shape index (κ3) is 4.07. The molecule has 0 spiro atoms. The monoisotopic (exact) mass is 419 g/mol. The van der Waals surface area contributed by atoms with Gasteiger partial charge >= 0.3 is 5.97 Å². The van der Waals surface area contributed by atoms with Crippen LogP contribution in [0.25, 0.3) is 6.08 Å². The van der Waals surface area contributed by atoms with E-state index in [4.69, 9.17) is 21.1 Å². The molecule has 0 atom stereocenters. The second kappa shape index (κ2) is 8.05. The number of Topliss-reactive ketones (excluding diaryl/α,β-unsaturated/α-hetero) is 1. The van der Waals surface area contributed by atoms with Gasteiger partial charge in [-0.25, -0.2) is 4.79 Å². The number of halogens is 1. The summed E-state index contributed by atoms with van der Waals surface area (Å²) in [5.74, 6) is 0.101. The molecule has 3 aromatic rings. The van der Waals surface area contributed by atoms with Crippen LogP contribution in [0.15, 0.2) is 72.5 Å². The Hall–Kier alpha value is -3.57. The first kappa shape index (κ1) is 19.7. The van der Waals surface area contributed by atoms with Gasteiger partial charge in [0.15, 0.2) is 5.76 Å². The van der Waals surface area contributed by atoms with Gasteiger partial charge in [-0.2, -0.15) is 0 Å². The van der Waals surface area contributed by atoms with E-state index < -0.39 is 5.97 Å². The van der Waals surface area contributed by atoms with Crippen molar-refractivity contribution < 1.29 is 19.1 Å². The largest absolute Gasteiger partial charge is 0.452 e. The molecule has 150 valence electrons. The smallest absolute Gasteiger partial charge is 0.343 e. The highest BCUT2D eigenvalue weighted by atomic mass is 35.5. The van der Waals surface area contributed by atoms with E-state index >= 15 is 0 Å².